The second-order valence-electron chi connectivity index (χ2n) is 2.45. The Bertz CT molecular complexity index is 238. The van der Waals surface area contributed by atoms with Gasteiger partial charge in [-0.15, -0.1) is 0 Å². The minimum atomic E-state index is -4.23. The van der Waals surface area contributed by atoms with Gasteiger partial charge in [0.05, 0.1) is 0 Å². The molecule has 1 heterocycles. The highest BCUT2D eigenvalue weighted by Crippen LogP contribution is 2.40. The number of carboxylic acid groups (broad SMARTS) is 1. The molecular weight excluding hydrogens is 187 g/mol. The van der Waals surface area contributed by atoms with Gasteiger partial charge in [-0.25, -0.2) is 4.79 Å². The number of hydrogen-bond acceptors (Lipinski definition) is 4. The van der Waals surface area contributed by atoms with Gasteiger partial charge in [0.1, 0.15) is 5.78 Å². The summed E-state index contributed by atoms with van der Waals surface area (Å²) in [4.78, 5) is 27.6. The maximum Gasteiger partial charge on any atom is 0.343 e. The summed E-state index contributed by atoms with van der Waals surface area (Å²) in [5, 5.41) is 13.1. The summed E-state index contributed by atoms with van der Waals surface area (Å²) >= 11 is 0. The molecule has 1 aliphatic rings. The molecule has 1 fully saturated rings. The van der Waals surface area contributed by atoms with Crippen molar-refractivity contribution in [2.45, 2.75) is 11.9 Å². The van der Waals surface area contributed by atoms with Crippen LogP contribution in [0, 0.1) is 0 Å². The summed E-state index contributed by atoms with van der Waals surface area (Å²) < 4.78 is 10.6. The minimum absolute atomic E-state index is 0.0404. The predicted octanol–water partition coefficient (Wildman–Crippen LogP) is -1.91. The molecule has 12 heavy (non-hydrogen) atoms. The smallest absolute Gasteiger partial charge is 0.343 e. The highest BCUT2D eigenvalue weighted by atomic mass is 31.2. The van der Waals surface area contributed by atoms with Crippen molar-refractivity contribution in [2.24, 2.45) is 0 Å². The number of carboxylic acids is 1. The second-order valence-corrected chi connectivity index (χ2v) is 4.25. The van der Waals surface area contributed by atoms with E-state index in [0.29, 0.717) is 0 Å². The topological polar surface area (TPSA) is 119 Å². The van der Waals surface area contributed by atoms with E-state index in [0.717, 1.165) is 0 Å². The summed E-state index contributed by atoms with van der Waals surface area (Å²) in [5.41, 5.74) is 0. The summed E-state index contributed by atoms with van der Waals surface area (Å²) in [5.74, 6) is -2.27. The third kappa shape index (κ3) is 2.02. The Labute approximate surface area is 67.9 Å². The number of rotatable bonds is 2. The second kappa shape index (κ2) is 3.12. The van der Waals surface area contributed by atoms with Crippen LogP contribution in [-0.2, 0) is 9.36 Å². The van der Waals surface area contributed by atoms with Crippen LogP contribution in [0.1, 0.15) is 0 Å². The standard InChI is InChI=1S/C4H9N2O5P/c7-4(8)3-5-1-2(6-3)12(9,10)11/h2-3,5-6H,1H2,(H,7,8)(H2,9,10,11). The van der Waals surface area contributed by atoms with Crippen molar-refractivity contribution in [3.63, 3.8) is 0 Å². The molecule has 0 bridgehead atoms. The van der Waals surface area contributed by atoms with Gasteiger partial charge < -0.3 is 14.9 Å². The first-order valence-electron chi connectivity index (χ1n) is 3.19. The normalized spacial score (nSPS) is 30.5. The lowest BCUT2D eigenvalue weighted by molar-refractivity contribution is -0.139. The van der Waals surface area contributed by atoms with Crippen molar-refractivity contribution in [1.29, 1.82) is 0 Å². The fraction of sp³-hybridized carbons (Fsp3) is 0.750. The van der Waals surface area contributed by atoms with Gasteiger partial charge in [-0.1, -0.05) is 0 Å². The van der Waals surface area contributed by atoms with Crippen molar-refractivity contribution in [3.8, 4) is 0 Å². The molecule has 1 aliphatic heterocycles. The Morgan fingerprint density at radius 1 is 1.50 bits per heavy atom. The van der Waals surface area contributed by atoms with E-state index in [1.54, 1.807) is 0 Å². The van der Waals surface area contributed by atoms with E-state index < -0.39 is 25.5 Å². The van der Waals surface area contributed by atoms with Crippen LogP contribution in [0.25, 0.3) is 0 Å². The van der Waals surface area contributed by atoms with Gasteiger partial charge in [-0.2, -0.15) is 0 Å². The molecule has 0 aromatic heterocycles. The molecule has 0 aromatic rings. The van der Waals surface area contributed by atoms with Crippen molar-refractivity contribution in [3.05, 3.63) is 0 Å². The zero-order chi connectivity index (χ0) is 9.35. The Hall–Kier alpha value is -0.460. The van der Waals surface area contributed by atoms with Crippen LogP contribution in [-0.4, -0.2) is 39.4 Å². The fourth-order valence-corrected chi connectivity index (χ4v) is 1.60. The first-order valence-corrected chi connectivity index (χ1v) is 4.87. The van der Waals surface area contributed by atoms with Gasteiger partial charge in [0.25, 0.3) is 0 Å². The summed E-state index contributed by atoms with van der Waals surface area (Å²) in [6, 6.07) is 0. The molecular formula is C4H9N2O5P. The Morgan fingerprint density at radius 3 is 2.33 bits per heavy atom. The minimum Gasteiger partial charge on any atom is -0.479 e. The van der Waals surface area contributed by atoms with Crippen LogP contribution >= 0.6 is 7.60 Å². The van der Waals surface area contributed by atoms with Crippen molar-refractivity contribution in [2.75, 3.05) is 6.54 Å². The van der Waals surface area contributed by atoms with Crippen LogP contribution in [0.2, 0.25) is 0 Å². The highest BCUT2D eigenvalue weighted by Gasteiger charge is 2.38. The van der Waals surface area contributed by atoms with Crippen molar-refractivity contribution in [1.82, 2.24) is 10.6 Å². The zero-order valence-corrected chi connectivity index (χ0v) is 6.86. The molecule has 0 amide bonds. The van der Waals surface area contributed by atoms with E-state index >= 15 is 0 Å². The van der Waals surface area contributed by atoms with Gasteiger partial charge in [0, 0.05) is 6.54 Å². The Kier molecular flexibility index (Phi) is 2.50. The van der Waals surface area contributed by atoms with E-state index in [1.165, 1.54) is 0 Å². The molecule has 2 atom stereocenters. The molecule has 70 valence electrons. The van der Waals surface area contributed by atoms with Gasteiger partial charge in [0.15, 0.2) is 6.17 Å². The molecule has 1 saturated heterocycles. The highest BCUT2D eigenvalue weighted by molar-refractivity contribution is 7.52. The Morgan fingerprint density at radius 2 is 2.08 bits per heavy atom. The molecule has 1 rings (SSSR count). The fourth-order valence-electron chi connectivity index (χ4n) is 0.914. The van der Waals surface area contributed by atoms with E-state index in [2.05, 4.69) is 10.6 Å². The lowest BCUT2D eigenvalue weighted by atomic mass is 10.5. The first-order chi connectivity index (χ1) is 5.41. The molecule has 0 aliphatic carbocycles. The van der Waals surface area contributed by atoms with E-state index in [1.807, 2.05) is 0 Å². The lowest BCUT2D eigenvalue weighted by Crippen LogP contribution is -2.40. The Balaban J connectivity index is 2.57. The molecule has 0 aromatic carbocycles. The number of hydrogen-bond donors (Lipinski definition) is 5. The van der Waals surface area contributed by atoms with Crippen molar-refractivity contribution >= 4 is 13.6 Å². The van der Waals surface area contributed by atoms with Crippen molar-refractivity contribution < 1.29 is 24.3 Å². The largest absolute Gasteiger partial charge is 0.479 e. The third-order valence-corrected chi connectivity index (χ3v) is 2.67. The van der Waals surface area contributed by atoms with E-state index in [-0.39, 0.29) is 6.54 Å². The summed E-state index contributed by atoms with van der Waals surface area (Å²) in [6.45, 7) is -0.0404. The molecule has 5 N–H and O–H groups in total. The zero-order valence-electron chi connectivity index (χ0n) is 5.97. The molecule has 7 nitrogen and oxygen atoms in total. The van der Waals surface area contributed by atoms with Gasteiger partial charge in [-0.05, 0) is 0 Å². The molecule has 8 heteroatoms. The van der Waals surface area contributed by atoms with Gasteiger partial charge in [0.2, 0.25) is 0 Å². The monoisotopic (exact) mass is 196 g/mol. The van der Waals surface area contributed by atoms with Crippen LogP contribution < -0.4 is 10.6 Å². The van der Waals surface area contributed by atoms with Crippen LogP contribution in [0.3, 0.4) is 0 Å². The summed E-state index contributed by atoms with van der Waals surface area (Å²) in [7, 11) is -4.23. The van der Waals surface area contributed by atoms with Crippen LogP contribution in [0.15, 0.2) is 0 Å². The first kappa shape index (κ1) is 9.63. The average Bonchev–Trinajstić information content (AvgIpc) is 2.30. The maximum absolute atomic E-state index is 10.6. The van der Waals surface area contributed by atoms with Crippen LogP contribution in [0.4, 0.5) is 0 Å². The molecule has 0 radical (unpaired) electrons. The molecule has 2 unspecified atom stereocenters. The third-order valence-electron chi connectivity index (χ3n) is 1.53. The molecule has 0 saturated carbocycles. The van der Waals surface area contributed by atoms with E-state index in [4.69, 9.17) is 14.9 Å². The van der Waals surface area contributed by atoms with E-state index in [9.17, 15) is 9.36 Å². The van der Waals surface area contributed by atoms with Gasteiger partial charge in [-0.3, -0.25) is 15.2 Å². The average molecular weight is 196 g/mol. The number of aliphatic carboxylic acids is 1. The quantitative estimate of drug-likeness (QED) is 0.327. The molecule has 0 spiro atoms. The van der Waals surface area contributed by atoms with Crippen LogP contribution in [0.5, 0.6) is 0 Å². The number of carbonyl (C=O) groups is 1. The summed E-state index contributed by atoms with van der Waals surface area (Å²) in [6.07, 6.45) is -1.07. The van der Waals surface area contributed by atoms with Gasteiger partial charge >= 0.3 is 13.6 Å². The number of nitrogens with one attached hydrogen (secondary N) is 2. The SMILES string of the molecule is O=C(O)C1NCC(P(=O)(O)O)N1. The lowest BCUT2D eigenvalue weighted by Gasteiger charge is -2.11. The predicted molar refractivity (Wildman–Crippen MR) is 38.4 cm³/mol. The maximum atomic E-state index is 10.6.